The predicted molar refractivity (Wildman–Crippen MR) is 414 cm³/mol. The smallest absolute Gasteiger partial charge is 0.462 e. The Morgan fingerprint density at radius 1 is 0.287 bits per heavy atom. The lowest BCUT2D eigenvalue weighted by molar-refractivity contribution is -0.161. The number of hydrogen-bond acceptors (Lipinski definition) is 15. The second-order valence-electron chi connectivity index (χ2n) is 30.7. The number of aliphatic hydroxyl groups excluding tert-OH is 1. The van der Waals surface area contributed by atoms with Gasteiger partial charge in [0.1, 0.15) is 19.3 Å². The van der Waals surface area contributed by atoms with Gasteiger partial charge in [-0.25, -0.2) is 9.13 Å². The third kappa shape index (κ3) is 74.7. The fourth-order valence-corrected chi connectivity index (χ4v) is 14.2. The fourth-order valence-electron chi connectivity index (χ4n) is 12.6. The van der Waals surface area contributed by atoms with Gasteiger partial charge in [0.2, 0.25) is 0 Å². The van der Waals surface area contributed by atoms with E-state index in [4.69, 9.17) is 37.0 Å². The van der Waals surface area contributed by atoms with Crippen molar-refractivity contribution in [1.29, 1.82) is 0 Å². The SMILES string of the molecule is CCCCCCCCCCCCCCCCCCCCCCC(=O)O[C@H](COC(=O)CCCCCCCCCCCCCCCCC(C)C)COP(=O)(O)OC[C@@H](O)COP(=O)(O)OC[C@@H](COC(=O)CCCCCCCCC(C)CC)OC(=O)CCCCCCCCCCCCCC(C)C. The van der Waals surface area contributed by atoms with Crippen LogP contribution >= 0.6 is 15.6 Å². The van der Waals surface area contributed by atoms with Gasteiger partial charge in [0, 0.05) is 25.7 Å². The largest absolute Gasteiger partial charge is 0.472 e. The van der Waals surface area contributed by atoms with Crippen LogP contribution in [0, 0.1) is 17.8 Å². The predicted octanol–water partition coefficient (Wildman–Crippen LogP) is 24.5. The molecule has 600 valence electrons. The average molecular weight is 1480 g/mol. The summed E-state index contributed by atoms with van der Waals surface area (Å²) in [5.41, 5.74) is 0. The van der Waals surface area contributed by atoms with E-state index in [9.17, 15) is 43.2 Å². The van der Waals surface area contributed by atoms with Gasteiger partial charge in [-0.15, -0.1) is 0 Å². The summed E-state index contributed by atoms with van der Waals surface area (Å²) < 4.78 is 68.7. The van der Waals surface area contributed by atoms with Crippen LogP contribution < -0.4 is 0 Å². The second kappa shape index (κ2) is 72.3. The van der Waals surface area contributed by atoms with Gasteiger partial charge in [0.25, 0.3) is 0 Å². The minimum atomic E-state index is -4.96. The average Bonchev–Trinajstić information content (AvgIpc) is 0.942. The molecule has 6 atom stereocenters. The van der Waals surface area contributed by atoms with Crippen LogP contribution in [0.15, 0.2) is 0 Å². The van der Waals surface area contributed by atoms with Crippen molar-refractivity contribution in [3.63, 3.8) is 0 Å². The minimum absolute atomic E-state index is 0.106. The highest BCUT2D eigenvalue weighted by Crippen LogP contribution is 2.45. The van der Waals surface area contributed by atoms with Crippen LogP contribution in [0.3, 0.4) is 0 Å². The molecule has 0 aliphatic rings. The van der Waals surface area contributed by atoms with Crippen molar-refractivity contribution >= 4 is 39.5 Å². The summed E-state index contributed by atoms with van der Waals surface area (Å²) in [5, 5.41) is 10.6. The molecule has 3 N–H and O–H groups in total. The monoisotopic (exact) mass is 1480 g/mol. The molecule has 101 heavy (non-hydrogen) atoms. The number of phosphoric ester groups is 2. The first-order chi connectivity index (χ1) is 48.8. The van der Waals surface area contributed by atoms with Crippen molar-refractivity contribution in [2.75, 3.05) is 39.6 Å². The molecule has 0 rings (SSSR count). The van der Waals surface area contributed by atoms with E-state index in [0.717, 1.165) is 114 Å². The molecule has 0 saturated heterocycles. The molecule has 0 radical (unpaired) electrons. The van der Waals surface area contributed by atoms with E-state index in [1.54, 1.807) is 0 Å². The zero-order chi connectivity index (χ0) is 74.4. The minimum Gasteiger partial charge on any atom is -0.462 e. The van der Waals surface area contributed by atoms with E-state index in [1.807, 2.05) is 0 Å². The van der Waals surface area contributed by atoms with Crippen molar-refractivity contribution in [2.45, 2.75) is 446 Å². The summed E-state index contributed by atoms with van der Waals surface area (Å²) in [5.74, 6) is 0.184. The third-order valence-corrected chi connectivity index (χ3v) is 21.4. The molecule has 0 spiro atoms. The van der Waals surface area contributed by atoms with Crippen LogP contribution in [0.4, 0.5) is 0 Å². The number of carbonyl (C=O) groups excluding carboxylic acids is 4. The summed E-state index contributed by atoms with van der Waals surface area (Å²) in [6.07, 6.45) is 61.1. The van der Waals surface area contributed by atoms with Gasteiger partial charge >= 0.3 is 39.5 Å². The van der Waals surface area contributed by atoms with Crippen molar-refractivity contribution in [3.05, 3.63) is 0 Å². The van der Waals surface area contributed by atoms with Crippen molar-refractivity contribution in [3.8, 4) is 0 Å². The lowest BCUT2D eigenvalue weighted by Gasteiger charge is -2.21. The van der Waals surface area contributed by atoms with Crippen molar-refractivity contribution in [1.82, 2.24) is 0 Å². The first kappa shape index (κ1) is 99.1. The second-order valence-corrected chi connectivity index (χ2v) is 33.6. The summed E-state index contributed by atoms with van der Waals surface area (Å²) in [6, 6.07) is 0. The summed E-state index contributed by atoms with van der Waals surface area (Å²) in [6.45, 7) is 11.9. The molecule has 0 aromatic rings. The Kier molecular flexibility index (Phi) is 70.9. The molecular formula is C82H160O17P2. The number of rotatable bonds is 80. The summed E-state index contributed by atoms with van der Waals surface area (Å²) >= 11 is 0. The summed E-state index contributed by atoms with van der Waals surface area (Å²) in [7, 11) is -9.92. The molecule has 3 unspecified atom stereocenters. The Morgan fingerprint density at radius 2 is 0.505 bits per heavy atom. The van der Waals surface area contributed by atoms with Crippen molar-refractivity contribution < 1.29 is 80.2 Å². The van der Waals surface area contributed by atoms with E-state index >= 15 is 0 Å². The zero-order valence-corrected chi connectivity index (χ0v) is 68.2. The maximum Gasteiger partial charge on any atom is 0.472 e. The van der Waals surface area contributed by atoms with Crippen LogP contribution in [-0.2, 0) is 65.4 Å². The molecule has 0 saturated carbocycles. The van der Waals surface area contributed by atoms with Crippen LogP contribution in [0.1, 0.15) is 427 Å². The van der Waals surface area contributed by atoms with Gasteiger partial charge in [-0.2, -0.15) is 0 Å². The topological polar surface area (TPSA) is 237 Å². The molecule has 17 nitrogen and oxygen atoms in total. The van der Waals surface area contributed by atoms with Gasteiger partial charge in [-0.1, -0.05) is 376 Å². The molecule has 0 fully saturated rings. The van der Waals surface area contributed by atoms with E-state index in [1.165, 1.54) is 231 Å². The molecular weight excluding hydrogens is 1320 g/mol. The Morgan fingerprint density at radius 3 is 0.752 bits per heavy atom. The quantitative estimate of drug-likeness (QED) is 0.0222. The highest BCUT2D eigenvalue weighted by atomic mass is 31.2. The molecule has 19 heteroatoms. The van der Waals surface area contributed by atoms with E-state index in [-0.39, 0.29) is 25.7 Å². The van der Waals surface area contributed by atoms with E-state index < -0.39 is 97.5 Å². The third-order valence-electron chi connectivity index (χ3n) is 19.5. The highest BCUT2D eigenvalue weighted by molar-refractivity contribution is 7.47. The Bertz CT molecular complexity index is 1960. The van der Waals surface area contributed by atoms with Crippen LogP contribution in [0.5, 0.6) is 0 Å². The maximum absolute atomic E-state index is 13.1. The first-order valence-corrected chi connectivity index (χ1v) is 45.4. The Balaban J connectivity index is 5.24. The summed E-state index contributed by atoms with van der Waals surface area (Å²) in [4.78, 5) is 73.1. The number of esters is 4. The Labute approximate surface area is 619 Å². The normalized spacial score (nSPS) is 14.2. The molecule has 0 aromatic carbocycles. The zero-order valence-electron chi connectivity index (χ0n) is 66.4. The number of ether oxygens (including phenoxy) is 4. The molecule has 0 amide bonds. The lowest BCUT2D eigenvalue weighted by Crippen LogP contribution is -2.30. The van der Waals surface area contributed by atoms with Gasteiger partial charge in [0.15, 0.2) is 12.2 Å². The molecule has 0 bridgehead atoms. The molecule has 0 aliphatic carbocycles. The number of unbranched alkanes of at least 4 members (excludes halogenated alkanes) is 47. The van der Waals surface area contributed by atoms with E-state index in [2.05, 4.69) is 48.5 Å². The van der Waals surface area contributed by atoms with Gasteiger partial charge in [0.05, 0.1) is 26.4 Å². The molecule has 0 aliphatic heterocycles. The molecule has 0 aromatic heterocycles. The van der Waals surface area contributed by atoms with Crippen LogP contribution in [-0.4, -0.2) is 96.7 Å². The fraction of sp³-hybridized carbons (Fsp3) is 0.951. The van der Waals surface area contributed by atoms with E-state index in [0.29, 0.717) is 25.7 Å². The number of aliphatic hydroxyl groups is 1. The van der Waals surface area contributed by atoms with Gasteiger partial charge in [-0.05, 0) is 43.4 Å². The van der Waals surface area contributed by atoms with Gasteiger partial charge in [-0.3, -0.25) is 37.3 Å². The number of carbonyl (C=O) groups is 4. The molecule has 0 heterocycles. The number of phosphoric acid groups is 2. The maximum atomic E-state index is 13.1. The Hall–Kier alpha value is -1.94. The van der Waals surface area contributed by atoms with Crippen LogP contribution in [0.25, 0.3) is 0 Å². The highest BCUT2D eigenvalue weighted by Gasteiger charge is 2.30. The lowest BCUT2D eigenvalue weighted by atomic mass is 10.00. The van der Waals surface area contributed by atoms with Crippen molar-refractivity contribution in [2.24, 2.45) is 17.8 Å². The standard InChI is InChI=1S/C82H160O17P2/c1-8-10-11-12-13-14-15-16-17-18-19-20-21-22-27-32-37-42-51-58-65-81(86)98-77(69-92-79(84)63-56-49-41-36-31-26-24-23-25-29-34-39-46-53-60-73(3)4)71-96-100(88,89)94-67-76(83)68-95-101(90,91)97-72-78(70-93-80(85)64-57-50-45-44-48-55-62-75(7)9-2)99-82(87)66-59-52-43-38-33-28-30-35-40-47-54-61-74(5)6/h73-78,83H,8-72H2,1-7H3,(H,88,89)(H,90,91)/t75?,76-,77-,78-/m1/s1. The first-order valence-electron chi connectivity index (χ1n) is 42.4. The number of hydrogen-bond donors (Lipinski definition) is 3. The van der Waals surface area contributed by atoms with Crippen LogP contribution in [0.2, 0.25) is 0 Å². The van der Waals surface area contributed by atoms with Gasteiger partial charge < -0.3 is 33.8 Å².